The zero-order valence-electron chi connectivity index (χ0n) is 14.0. The van der Waals surface area contributed by atoms with Crippen molar-refractivity contribution in [1.82, 2.24) is 10.0 Å². The number of fused-ring (bicyclic) bond motifs is 1. The molecular weight excluding hydrogens is 308 g/mol. The molecule has 3 aliphatic rings. The third kappa shape index (κ3) is 3.66. The Kier molecular flexibility index (Phi) is 5.17. The van der Waals surface area contributed by atoms with Gasteiger partial charge in [0.1, 0.15) is 5.75 Å². The quantitative estimate of drug-likeness (QED) is 0.753. The van der Waals surface area contributed by atoms with Crippen LogP contribution in [0.2, 0.25) is 0 Å². The molecule has 1 aromatic carbocycles. The van der Waals surface area contributed by atoms with E-state index in [1.54, 1.807) is 7.11 Å². The summed E-state index contributed by atoms with van der Waals surface area (Å²) in [5, 5.41) is 3.22. The van der Waals surface area contributed by atoms with E-state index in [0.717, 1.165) is 28.4 Å². The van der Waals surface area contributed by atoms with Crippen molar-refractivity contribution < 1.29 is 9.53 Å². The molecule has 3 fully saturated rings. The maximum absolute atomic E-state index is 12.1. The Morgan fingerprint density at radius 2 is 2.04 bits per heavy atom. The lowest BCUT2D eigenvalue weighted by Gasteiger charge is -2.40. The van der Waals surface area contributed by atoms with E-state index < -0.39 is 0 Å². The average Bonchev–Trinajstić information content (AvgIpc) is 3.05. The van der Waals surface area contributed by atoms with Crippen molar-refractivity contribution in [3.05, 3.63) is 24.3 Å². The molecule has 1 aromatic rings. The molecule has 2 bridgehead atoms. The normalized spacial score (nSPS) is 28.5. The van der Waals surface area contributed by atoms with Crippen molar-refractivity contribution in [3.8, 4) is 5.75 Å². The molecule has 5 heteroatoms. The van der Waals surface area contributed by atoms with Crippen molar-refractivity contribution in [2.24, 2.45) is 23.7 Å². The average molecular weight is 334 g/mol. The van der Waals surface area contributed by atoms with Gasteiger partial charge in [-0.2, -0.15) is 0 Å². The van der Waals surface area contributed by atoms with Crippen LogP contribution in [0.1, 0.15) is 26.7 Å². The molecule has 1 amide bonds. The fourth-order valence-corrected chi connectivity index (χ4v) is 4.94. The molecule has 0 spiro atoms. The summed E-state index contributed by atoms with van der Waals surface area (Å²) in [6.45, 7) is 4.96. The van der Waals surface area contributed by atoms with Crippen LogP contribution < -0.4 is 14.8 Å². The number of hydrogen-bond donors (Lipinski definition) is 2. The van der Waals surface area contributed by atoms with E-state index in [1.165, 1.54) is 24.8 Å². The number of ether oxygens (including phenoxy) is 1. The molecule has 3 saturated carbocycles. The van der Waals surface area contributed by atoms with E-state index in [0.29, 0.717) is 18.5 Å². The second-order valence-electron chi connectivity index (χ2n) is 6.99. The zero-order chi connectivity index (χ0) is 16.4. The van der Waals surface area contributed by atoms with Crippen LogP contribution in [0.5, 0.6) is 5.75 Å². The van der Waals surface area contributed by atoms with E-state index in [4.69, 9.17) is 4.74 Å². The molecule has 4 nitrogen and oxygen atoms in total. The molecule has 2 N–H and O–H groups in total. The van der Waals surface area contributed by atoms with Gasteiger partial charge in [0, 0.05) is 10.9 Å². The lowest BCUT2D eigenvalue weighted by Crippen LogP contribution is -2.43. The standard InChI is InChI=1S/C18H26N2O2S/c1-11(2)18-12-8-15(18)16(9-12)20-17(21)10-19-23-14-6-4-13(22-3)5-7-14/h4-7,11-12,15-16,18-19H,8-10H2,1-3H3,(H,20,21). The van der Waals surface area contributed by atoms with Gasteiger partial charge in [-0.15, -0.1) is 0 Å². The second-order valence-corrected chi connectivity index (χ2v) is 7.95. The Labute approximate surface area is 142 Å². The third-order valence-electron chi connectivity index (χ3n) is 5.29. The first-order valence-electron chi connectivity index (χ1n) is 8.41. The van der Waals surface area contributed by atoms with Crippen molar-refractivity contribution >= 4 is 17.9 Å². The van der Waals surface area contributed by atoms with Gasteiger partial charge in [0.05, 0.1) is 13.7 Å². The Bertz CT molecular complexity index is 546. The van der Waals surface area contributed by atoms with Gasteiger partial charge >= 0.3 is 0 Å². The van der Waals surface area contributed by atoms with Gasteiger partial charge in [-0.1, -0.05) is 13.8 Å². The smallest absolute Gasteiger partial charge is 0.235 e. The van der Waals surface area contributed by atoms with Crippen LogP contribution in [0, 0.1) is 23.7 Å². The maximum Gasteiger partial charge on any atom is 0.235 e. The number of carbonyl (C=O) groups excluding carboxylic acids is 1. The second kappa shape index (κ2) is 7.14. The SMILES string of the molecule is COc1ccc(SNCC(=O)NC2CC3CC2C3C(C)C)cc1. The number of nitrogens with one attached hydrogen (secondary N) is 2. The first kappa shape index (κ1) is 16.7. The summed E-state index contributed by atoms with van der Waals surface area (Å²) in [5.74, 6) is 4.05. The van der Waals surface area contributed by atoms with Crippen LogP contribution in [-0.2, 0) is 4.79 Å². The highest BCUT2D eigenvalue weighted by Crippen LogP contribution is 2.56. The van der Waals surface area contributed by atoms with Gasteiger partial charge in [0.2, 0.25) is 5.91 Å². The number of hydrogen-bond acceptors (Lipinski definition) is 4. The Balaban J connectivity index is 1.39. The topological polar surface area (TPSA) is 50.4 Å². The van der Waals surface area contributed by atoms with Gasteiger partial charge in [0.25, 0.3) is 0 Å². The predicted molar refractivity (Wildman–Crippen MR) is 93.3 cm³/mol. The summed E-state index contributed by atoms with van der Waals surface area (Å²) in [7, 11) is 1.65. The molecule has 0 heterocycles. The lowest BCUT2D eigenvalue weighted by atomic mass is 9.66. The number of benzene rings is 1. The van der Waals surface area contributed by atoms with Gasteiger partial charge in [0.15, 0.2) is 0 Å². The number of carbonyl (C=O) groups is 1. The lowest BCUT2D eigenvalue weighted by molar-refractivity contribution is -0.120. The molecule has 0 saturated heterocycles. The number of rotatable bonds is 7. The molecule has 126 valence electrons. The van der Waals surface area contributed by atoms with Gasteiger partial charge in [-0.05, 0) is 72.7 Å². The molecule has 0 radical (unpaired) electrons. The van der Waals surface area contributed by atoms with Gasteiger partial charge in [-0.3, -0.25) is 9.52 Å². The fraction of sp³-hybridized carbons (Fsp3) is 0.611. The zero-order valence-corrected chi connectivity index (χ0v) is 14.9. The molecule has 0 aliphatic heterocycles. The summed E-state index contributed by atoms with van der Waals surface area (Å²) >= 11 is 1.48. The molecule has 3 aliphatic carbocycles. The minimum absolute atomic E-state index is 0.103. The highest BCUT2D eigenvalue weighted by Gasteiger charge is 2.53. The van der Waals surface area contributed by atoms with E-state index in [1.807, 2.05) is 24.3 Å². The maximum atomic E-state index is 12.1. The Hall–Kier alpha value is -1.20. The van der Waals surface area contributed by atoms with Crippen molar-refractivity contribution in [3.63, 3.8) is 0 Å². The van der Waals surface area contributed by atoms with Crippen molar-refractivity contribution in [2.45, 2.75) is 37.6 Å². The van der Waals surface area contributed by atoms with Crippen LogP contribution in [0.15, 0.2) is 29.2 Å². The molecular formula is C18H26N2O2S. The van der Waals surface area contributed by atoms with Crippen molar-refractivity contribution in [2.75, 3.05) is 13.7 Å². The van der Waals surface area contributed by atoms with Crippen LogP contribution in [0.3, 0.4) is 0 Å². The molecule has 0 aromatic heterocycles. The van der Waals surface area contributed by atoms with E-state index >= 15 is 0 Å². The molecule has 4 atom stereocenters. The monoisotopic (exact) mass is 334 g/mol. The van der Waals surface area contributed by atoms with E-state index in [-0.39, 0.29) is 5.91 Å². The third-order valence-corrected chi connectivity index (χ3v) is 6.08. The highest BCUT2D eigenvalue weighted by atomic mass is 32.2. The number of amides is 1. The van der Waals surface area contributed by atoms with Gasteiger partial charge < -0.3 is 10.1 Å². The Morgan fingerprint density at radius 1 is 1.30 bits per heavy atom. The molecule has 4 unspecified atom stereocenters. The first-order valence-corrected chi connectivity index (χ1v) is 9.23. The summed E-state index contributed by atoms with van der Waals surface area (Å²) in [6.07, 6.45) is 2.48. The molecule has 4 rings (SSSR count). The summed E-state index contributed by atoms with van der Waals surface area (Å²) in [4.78, 5) is 13.2. The largest absolute Gasteiger partial charge is 0.497 e. The van der Waals surface area contributed by atoms with Gasteiger partial charge in [-0.25, -0.2) is 0 Å². The van der Waals surface area contributed by atoms with Crippen LogP contribution in [0.25, 0.3) is 0 Å². The summed E-state index contributed by atoms with van der Waals surface area (Å²) in [5.41, 5.74) is 0. The first-order chi connectivity index (χ1) is 11.1. The van der Waals surface area contributed by atoms with E-state index in [2.05, 4.69) is 23.9 Å². The predicted octanol–water partition coefficient (Wildman–Crippen LogP) is 3.09. The van der Waals surface area contributed by atoms with Crippen LogP contribution in [-0.4, -0.2) is 25.6 Å². The Morgan fingerprint density at radius 3 is 2.65 bits per heavy atom. The number of methoxy groups -OCH3 is 1. The minimum atomic E-state index is 0.103. The van der Waals surface area contributed by atoms with Crippen LogP contribution >= 0.6 is 11.9 Å². The minimum Gasteiger partial charge on any atom is -0.497 e. The fourth-order valence-electron chi connectivity index (χ4n) is 4.30. The summed E-state index contributed by atoms with van der Waals surface area (Å²) < 4.78 is 8.27. The van der Waals surface area contributed by atoms with Crippen LogP contribution in [0.4, 0.5) is 0 Å². The summed E-state index contributed by atoms with van der Waals surface area (Å²) in [6, 6.07) is 8.19. The molecule has 23 heavy (non-hydrogen) atoms. The highest BCUT2D eigenvalue weighted by molar-refractivity contribution is 7.97. The van der Waals surface area contributed by atoms with E-state index in [9.17, 15) is 4.79 Å². The van der Waals surface area contributed by atoms with Crippen molar-refractivity contribution in [1.29, 1.82) is 0 Å².